The molecule has 1 aromatic carbocycles. The fourth-order valence-electron chi connectivity index (χ4n) is 1.82. The molecule has 0 atom stereocenters. The van der Waals surface area contributed by atoms with Gasteiger partial charge in [-0.3, -0.25) is 4.79 Å². The molecule has 0 fully saturated rings. The summed E-state index contributed by atoms with van der Waals surface area (Å²) in [7, 11) is 0. The van der Waals surface area contributed by atoms with Crippen molar-refractivity contribution in [3.05, 3.63) is 28.8 Å². The molecule has 1 aliphatic heterocycles. The van der Waals surface area contributed by atoms with Gasteiger partial charge in [-0.15, -0.1) is 11.3 Å². The number of aldehydes is 1. The van der Waals surface area contributed by atoms with Crippen LogP contribution in [0.15, 0.2) is 18.2 Å². The molecule has 2 heterocycles. The van der Waals surface area contributed by atoms with E-state index < -0.39 is 0 Å². The van der Waals surface area contributed by atoms with Crippen molar-refractivity contribution in [2.75, 3.05) is 13.2 Å². The minimum Gasteiger partial charge on any atom is -0.486 e. The molecule has 0 radical (unpaired) electrons. The zero-order chi connectivity index (χ0) is 12.5. The molecule has 5 heteroatoms. The van der Waals surface area contributed by atoms with E-state index in [1.165, 1.54) is 11.3 Å². The molecule has 0 saturated carbocycles. The maximum Gasteiger partial charge on any atom is 0.162 e. The highest BCUT2D eigenvalue weighted by Crippen LogP contribution is 2.36. The van der Waals surface area contributed by atoms with Crippen LogP contribution < -0.4 is 9.47 Å². The van der Waals surface area contributed by atoms with Crippen LogP contribution in [0.25, 0.3) is 10.6 Å². The average molecular weight is 261 g/mol. The van der Waals surface area contributed by atoms with Gasteiger partial charge in [0.25, 0.3) is 0 Å². The lowest BCUT2D eigenvalue weighted by Gasteiger charge is -2.18. The number of ether oxygens (including phenoxy) is 2. The molecule has 4 nitrogen and oxygen atoms in total. The average Bonchev–Trinajstić information content (AvgIpc) is 2.79. The first kappa shape index (κ1) is 11.2. The smallest absolute Gasteiger partial charge is 0.162 e. The van der Waals surface area contributed by atoms with Gasteiger partial charge < -0.3 is 9.47 Å². The van der Waals surface area contributed by atoms with Crippen LogP contribution in [0.2, 0.25) is 0 Å². The van der Waals surface area contributed by atoms with E-state index in [-0.39, 0.29) is 0 Å². The van der Waals surface area contributed by atoms with Gasteiger partial charge in [0.1, 0.15) is 18.2 Å². The topological polar surface area (TPSA) is 48.4 Å². The van der Waals surface area contributed by atoms with Crippen LogP contribution in [0.1, 0.15) is 15.4 Å². The van der Waals surface area contributed by atoms with Crippen LogP contribution in [0, 0.1) is 6.92 Å². The molecule has 0 unspecified atom stereocenters. The Hall–Kier alpha value is -1.88. The quantitative estimate of drug-likeness (QED) is 0.780. The molecule has 92 valence electrons. The monoisotopic (exact) mass is 261 g/mol. The number of rotatable bonds is 2. The fraction of sp³-hybridized carbons (Fsp3) is 0.231. The minimum atomic E-state index is 0.562. The molecule has 0 amide bonds. The van der Waals surface area contributed by atoms with Crippen molar-refractivity contribution in [3.63, 3.8) is 0 Å². The summed E-state index contributed by atoms with van der Waals surface area (Å²) in [6.45, 7) is 2.98. The molecule has 1 aromatic heterocycles. The summed E-state index contributed by atoms with van der Waals surface area (Å²) in [5.41, 5.74) is 1.71. The van der Waals surface area contributed by atoms with E-state index in [2.05, 4.69) is 4.98 Å². The summed E-state index contributed by atoms with van der Waals surface area (Å²) in [6.07, 6.45) is 0.842. The van der Waals surface area contributed by atoms with Gasteiger partial charge in [0.2, 0.25) is 0 Å². The van der Waals surface area contributed by atoms with Gasteiger partial charge in [-0.2, -0.15) is 0 Å². The number of aryl methyl sites for hydroxylation is 1. The predicted molar refractivity (Wildman–Crippen MR) is 68.7 cm³/mol. The normalized spacial score (nSPS) is 13.4. The molecule has 3 rings (SSSR count). The molecule has 0 bridgehead atoms. The molecule has 1 aliphatic rings. The van der Waals surface area contributed by atoms with E-state index in [0.29, 0.717) is 18.1 Å². The van der Waals surface area contributed by atoms with Crippen LogP contribution in [-0.2, 0) is 0 Å². The van der Waals surface area contributed by atoms with Crippen molar-refractivity contribution in [3.8, 4) is 22.1 Å². The van der Waals surface area contributed by atoms with E-state index in [0.717, 1.165) is 34.1 Å². The number of fused-ring (bicyclic) bond motifs is 1. The standard InChI is InChI=1S/C13H11NO3S/c1-8-12(7-15)18-13(14-8)9-2-3-10-11(6-9)17-5-4-16-10/h2-3,6-7H,4-5H2,1H3. The summed E-state index contributed by atoms with van der Waals surface area (Å²) in [5.74, 6) is 1.49. The first-order valence-electron chi connectivity index (χ1n) is 5.60. The summed E-state index contributed by atoms with van der Waals surface area (Å²) in [5, 5.41) is 0.826. The Morgan fingerprint density at radius 1 is 1.28 bits per heavy atom. The number of aromatic nitrogens is 1. The van der Waals surface area contributed by atoms with Crippen LogP contribution in [-0.4, -0.2) is 24.5 Å². The maximum absolute atomic E-state index is 10.8. The van der Waals surface area contributed by atoms with E-state index in [1.807, 2.05) is 25.1 Å². The number of hydrogen-bond acceptors (Lipinski definition) is 5. The molecule has 0 saturated heterocycles. The first-order valence-corrected chi connectivity index (χ1v) is 6.42. The molecule has 0 N–H and O–H groups in total. The lowest BCUT2D eigenvalue weighted by atomic mass is 10.2. The Kier molecular flexibility index (Phi) is 2.76. The van der Waals surface area contributed by atoms with Crippen LogP contribution in [0.4, 0.5) is 0 Å². The van der Waals surface area contributed by atoms with E-state index in [4.69, 9.17) is 9.47 Å². The molecule has 0 aliphatic carbocycles. The number of nitrogens with zero attached hydrogens (tertiary/aromatic N) is 1. The van der Waals surface area contributed by atoms with Crippen molar-refractivity contribution < 1.29 is 14.3 Å². The molecular formula is C13H11NO3S. The highest BCUT2D eigenvalue weighted by atomic mass is 32.1. The van der Waals surface area contributed by atoms with Gasteiger partial charge in [-0.05, 0) is 25.1 Å². The van der Waals surface area contributed by atoms with Gasteiger partial charge in [0.15, 0.2) is 17.8 Å². The zero-order valence-corrected chi connectivity index (χ0v) is 10.6. The highest BCUT2D eigenvalue weighted by Gasteiger charge is 2.15. The molecule has 0 spiro atoms. The third kappa shape index (κ3) is 1.86. The predicted octanol–water partition coefficient (Wildman–Crippen LogP) is 2.70. The maximum atomic E-state index is 10.8. The van der Waals surface area contributed by atoms with E-state index in [9.17, 15) is 4.79 Å². The lowest BCUT2D eigenvalue weighted by molar-refractivity contribution is 0.112. The van der Waals surface area contributed by atoms with Gasteiger partial charge in [-0.1, -0.05) is 0 Å². The second-order valence-electron chi connectivity index (χ2n) is 3.94. The lowest BCUT2D eigenvalue weighted by Crippen LogP contribution is -2.15. The zero-order valence-electron chi connectivity index (χ0n) is 9.80. The Morgan fingerprint density at radius 2 is 2.06 bits per heavy atom. The number of thiazole rings is 1. The summed E-state index contributed by atoms with van der Waals surface area (Å²) in [4.78, 5) is 15.9. The first-order chi connectivity index (χ1) is 8.78. The van der Waals surface area contributed by atoms with Crippen molar-refractivity contribution in [1.29, 1.82) is 0 Å². The largest absolute Gasteiger partial charge is 0.486 e. The number of carbonyl (C=O) groups excluding carboxylic acids is 1. The Morgan fingerprint density at radius 3 is 2.78 bits per heavy atom. The second-order valence-corrected chi connectivity index (χ2v) is 4.98. The van der Waals surface area contributed by atoms with Crippen LogP contribution >= 0.6 is 11.3 Å². The Labute approximate surface area is 108 Å². The SMILES string of the molecule is Cc1nc(-c2ccc3c(c2)OCCO3)sc1C=O. The molecule has 18 heavy (non-hydrogen) atoms. The third-order valence-electron chi connectivity index (χ3n) is 2.73. The minimum absolute atomic E-state index is 0.562. The van der Waals surface area contributed by atoms with Gasteiger partial charge in [-0.25, -0.2) is 4.98 Å². The number of hydrogen-bond donors (Lipinski definition) is 0. The number of carbonyl (C=O) groups is 1. The van der Waals surface area contributed by atoms with Crippen molar-refractivity contribution in [2.45, 2.75) is 6.92 Å². The van der Waals surface area contributed by atoms with Crippen LogP contribution in [0.5, 0.6) is 11.5 Å². The number of benzene rings is 1. The summed E-state index contributed by atoms with van der Waals surface area (Å²) >= 11 is 1.39. The Balaban J connectivity index is 2.03. The summed E-state index contributed by atoms with van der Waals surface area (Å²) < 4.78 is 11.0. The Bertz CT molecular complexity index is 606. The van der Waals surface area contributed by atoms with Crippen molar-refractivity contribution >= 4 is 17.6 Å². The third-order valence-corrected chi connectivity index (χ3v) is 3.86. The van der Waals surface area contributed by atoms with Crippen molar-refractivity contribution in [2.24, 2.45) is 0 Å². The highest BCUT2D eigenvalue weighted by molar-refractivity contribution is 7.16. The van der Waals surface area contributed by atoms with Crippen molar-refractivity contribution in [1.82, 2.24) is 4.98 Å². The second kappa shape index (κ2) is 4.42. The van der Waals surface area contributed by atoms with Gasteiger partial charge in [0.05, 0.1) is 10.6 Å². The molecule has 2 aromatic rings. The van der Waals surface area contributed by atoms with Gasteiger partial charge >= 0.3 is 0 Å². The van der Waals surface area contributed by atoms with E-state index in [1.54, 1.807) is 0 Å². The molecular weight excluding hydrogens is 250 g/mol. The van der Waals surface area contributed by atoms with E-state index >= 15 is 0 Å². The van der Waals surface area contributed by atoms with Gasteiger partial charge in [0, 0.05) is 5.56 Å². The van der Waals surface area contributed by atoms with Crippen LogP contribution in [0.3, 0.4) is 0 Å². The summed E-state index contributed by atoms with van der Waals surface area (Å²) in [6, 6.07) is 5.71. The fourth-order valence-corrected chi connectivity index (χ4v) is 2.69.